The van der Waals surface area contributed by atoms with E-state index in [-0.39, 0.29) is 5.91 Å². The SMILES string of the molecule is CN(C)c1cccc(C(=O)N2CCN(C=O)CC2)n1. The summed E-state index contributed by atoms with van der Waals surface area (Å²) in [5.74, 6) is 0.687. The summed E-state index contributed by atoms with van der Waals surface area (Å²) in [5.41, 5.74) is 0.450. The maximum atomic E-state index is 12.3. The van der Waals surface area contributed by atoms with Crippen LogP contribution in [0.2, 0.25) is 0 Å². The van der Waals surface area contributed by atoms with E-state index in [9.17, 15) is 9.59 Å². The molecule has 1 aliphatic heterocycles. The van der Waals surface area contributed by atoms with Crippen LogP contribution in [-0.4, -0.2) is 67.4 Å². The molecule has 19 heavy (non-hydrogen) atoms. The fourth-order valence-corrected chi connectivity index (χ4v) is 1.98. The molecule has 2 amide bonds. The van der Waals surface area contributed by atoms with Crippen LogP contribution in [0.1, 0.15) is 10.5 Å². The first-order valence-electron chi connectivity index (χ1n) is 6.25. The highest BCUT2D eigenvalue weighted by molar-refractivity contribution is 5.92. The Morgan fingerprint density at radius 2 is 1.95 bits per heavy atom. The zero-order valence-electron chi connectivity index (χ0n) is 11.2. The molecule has 0 saturated carbocycles. The monoisotopic (exact) mass is 262 g/mol. The Balaban J connectivity index is 2.08. The lowest BCUT2D eigenvalue weighted by molar-refractivity contribution is -0.119. The smallest absolute Gasteiger partial charge is 0.272 e. The molecule has 0 N–H and O–H groups in total. The largest absolute Gasteiger partial charge is 0.363 e. The Bertz CT molecular complexity index is 467. The van der Waals surface area contributed by atoms with Crippen LogP contribution < -0.4 is 4.90 Å². The molecule has 0 spiro atoms. The number of amides is 2. The van der Waals surface area contributed by atoms with Crippen molar-refractivity contribution in [2.75, 3.05) is 45.2 Å². The summed E-state index contributed by atoms with van der Waals surface area (Å²) in [6.07, 6.45) is 0.826. The van der Waals surface area contributed by atoms with E-state index >= 15 is 0 Å². The van der Waals surface area contributed by atoms with Crippen LogP contribution in [0.3, 0.4) is 0 Å². The summed E-state index contributed by atoms with van der Waals surface area (Å²) < 4.78 is 0. The van der Waals surface area contributed by atoms with Gasteiger partial charge in [0, 0.05) is 40.3 Å². The predicted molar refractivity (Wildman–Crippen MR) is 72.1 cm³/mol. The summed E-state index contributed by atoms with van der Waals surface area (Å²) in [7, 11) is 3.78. The van der Waals surface area contributed by atoms with E-state index in [1.165, 1.54) is 0 Å². The molecule has 1 aromatic heterocycles. The third-order valence-electron chi connectivity index (χ3n) is 3.16. The van der Waals surface area contributed by atoms with E-state index in [0.29, 0.717) is 31.9 Å². The Morgan fingerprint density at radius 1 is 1.26 bits per heavy atom. The lowest BCUT2D eigenvalue weighted by atomic mass is 10.2. The van der Waals surface area contributed by atoms with E-state index in [0.717, 1.165) is 12.2 Å². The van der Waals surface area contributed by atoms with Crippen molar-refractivity contribution in [2.45, 2.75) is 0 Å². The second-order valence-electron chi connectivity index (χ2n) is 4.71. The molecule has 102 valence electrons. The van der Waals surface area contributed by atoms with E-state index in [1.807, 2.05) is 31.1 Å². The van der Waals surface area contributed by atoms with Gasteiger partial charge in [-0.15, -0.1) is 0 Å². The minimum Gasteiger partial charge on any atom is -0.363 e. The minimum absolute atomic E-state index is 0.0748. The number of hydrogen-bond acceptors (Lipinski definition) is 4. The molecule has 1 saturated heterocycles. The molecule has 1 aromatic rings. The molecule has 1 fully saturated rings. The zero-order chi connectivity index (χ0) is 13.8. The molecule has 2 rings (SSSR count). The van der Waals surface area contributed by atoms with Gasteiger partial charge in [-0.3, -0.25) is 9.59 Å². The maximum Gasteiger partial charge on any atom is 0.272 e. The summed E-state index contributed by atoms with van der Waals surface area (Å²) >= 11 is 0. The Morgan fingerprint density at radius 3 is 2.53 bits per heavy atom. The van der Waals surface area contributed by atoms with Crippen molar-refractivity contribution in [2.24, 2.45) is 0 Å². The van der Waals surface area contributed by atoms with Gasteiger partial charge in [0.25, 0.3) is 5.91 Å². The van der Waals surface area contributed by atoms with Crippen molar-refractivity contribution < 1.29 is 9.59 Å². The average molecular weight is 262 g/mol. The zero-order valence-corrected chi connectivity index (χ0v) is 11.2. The lowest BCUT2D eigenvalue weighted by Crippen LogP contribution is -2.48. The Hall–Kier alpha value is -2.11. The first-order valence-corrected chi connectivity index (χ1v) is 6.25. The lowest BCUT2D eigenvalue weighted by Gasteiger charge is -2.32. The quantitative estimate of drug-likeness (QED) is 0.723. The highest BCUT2D eigenvalue weighted by Crippen LogP contribution is 2.11. The van der Waals surface area contributed by atoms with Gasteiger partial charge in [-0.1, -0.05) is 6.07 Å². The Labute approximate surface area is 112 Å². The first-order chi connectivity index (χ1) is 9.11. The topological polar surface area (TPSA) is 56.8 Å². The fourth-order valence-electron chi connectivity index (χ4n) is 1.98. The fraction of sp³-hybridized carbons (Fsp3) is 0.462. The highest BCUT2D eigenvalue weighted by Gasteiger charge is 2.22. The van der Waals surface area contributed by atoms with Crippen molar-refractivity contribution in [3.05, 3.63) is 23.9 Å². The van der Waals surface area contributed by atoms with Gasteiger partial charge < -0.3 is 14.7 Å². The molecular formula is C13H18N4O2. The van der Waals surface area contributed by atoms with Crippen molar-refractivity contribution in [3.63, 3.8) is 0 Å². The molecule has 2 heterocycles. The molecule has 0 atom stereocenters. The van der Waals surface area contributed by atoms with Crippen LogP contribution in [0.4, 0.5) is 5.82 Å². The third-order valence-corrected chi connectivity index (χ3v) is 3.16. The van der Waals surface area contributed by atoms with Crippen molar-refractivity contribution in [1.29, 1.82) is 0 Å². The molecule has 0 aromatic carbocycles. The van der Waals surface area contributed by atoms with Gasteiger partial charge in [0.2, 0.25) is 6.41 Å². The van der Waals surface area contributed by atoms with E-state index in [2.05, 4.69) is 4.98 Å². The molecule has 6 nitrogen and oxygen atoms in total. The second kappa shape index (κ2) is 5.69. The van der Waals surface area contributed by atoms with Crippen molar-refractivity contribution in [3.8, 4) is 0 Å². The van der Waals surface area contributed by atoms with Crippen LogP contribution in [0.15, 0.2) is 18.2 Å². The number of piperazine rings is 1. The van der Waals surface area contributed by atoms with E-state index in [4.69, 9.17) is 0 Å². The predicted octanol–water partition coefficient (Wildman–Crippen LogP) is 0.0618. The number of aromatic nitrogens is 1. The number of rotatable bonds is 3. The minimum atomic E-state index is -0.0748. The van der Waals surface area contributed by atoms with Gasteiger partial charge in [-0.05, 0) is 12.1 Å². The number of carbonyl (C=O) groups excluding carboxylic acids is 2. The summed E-state index contributed by atoms with van der Waals surface area (Å²) in [4.78, 5) is 32.6. The summed E-state index contributed by atoms with van der Waals surface area (Å²) in [6.45, 7) is 2.29. The Kier molecular flexibility index (Phi) is 3.99. The van der Waals surface area contributed by atoms with Crippen LogP contribution in [-0.2, 0) is 4.79 Å². The van der Waals surface area contributed by atoms with Gasteiger partial charge in [0.05, 0.1) is 0 Å². The molecule has 6 heteroatoms. The van der Waals surface area contributed by atoms with Gasteiger partial charge >= 0.3 is 0 Å². The number of anilines is 1. The molecule has 0 bridgehead atoms. The van der Waals surface area contributed by atoms with Crippen LogP contribution >= 0.6 is 0 Å². The van der Waals surface area contributed by atoms with Crippen LogP contribution in [0.5, 0.6) is 0 Å². The normalized spacial score (nSPS) is 15.3. The number of nitrogens with zero attached hydrogens (tertiary/aromatic N) is 4. The van der Waals surface area contributed by atoms with Gasteiger partial charge in [0.1, 0.15) is 11.5 Å². The van der Waals surface area contributed by atoms with Gasteiger partial charge in [0.15, 0.2) is 0 Å². The molecule has 0 unspecified atom stereocenters. The molecule has 1 aliphatic rings. The second-order valence-corrected chi connectivity index (χ2v) is 4.71. The van der Waals surface area contributed by atoms with Crippen LogP contribution in [0, 0.1) is 0 Å². The van der Waals surface area contributed by atoms with E-state index < -0.39 is 0 Å². The van der Waals surface area contributed by atoms with Gasteiger partial charge in [-0.2, -0.15) is 0 Å². The van der Waals surface area contributed by atoms with Crippen LogP contribution in [0.25, 0.3) is 0 Å². The maximum absolute atomic E-state index is 12.3. The third kappa shape index (κ3) is 3.01. The standard InChI is InChI=1S/C13H18N4O2/c1-15(2)12-5-3-4-11(14-12)13(19)17-8-6-16(10-18)7-9-17/h3-5,10H,6-9H2,1-2H3. The molecular weight excluding hydrogens is 244 g/mol. The molecule has 0 radical (unpaired) electrons. The van der Waals surface area contributed by atoms with E-state index in [1.54, 1.807) is 15.9 Å². The summed E-state index contributed by atoms with van der Waals surface area (Å²) in [5, 5.41) is 0. The van der Waals surface area contributed by atoms with Crippen molar-refractivity contribution >= 4 is 18.1 Å². The summed E-state index contributed by atoms with van der Waals surface area (Å²) in [6, 6.07) is 5.42. The number of pyridine rings is 1. The highest BCUT2D eigenvalue weighted by atomic mass is 16.2. The average Bonchev–Trinajstić information content (AvgIpc) is 2.46. The van der Waals surface area contributed by atoms with Gasteiger partial charge in [-0.25, -0.2) is 4.98 Å². The number of carbonyl (C=O) groups is 2. The molecule has 0 aliphatic carbocycles. The first kappa shape index (κ1) is 13.3. The number of hydrogen-bond donors (Lipinski definition) is 0. The van der Waals surface area contributed by atoms with Crippen molar-refractivity contribution in [1.82, 2.24) is 14.8 Å².